The minimum atomic E-state index is -0.539. The standard InChI is InChI=1S/C21H21FN4O4S/c1-14-2-8-17(9-3-14)29-12-19-24-25-21(30-19)31-13-20(28)26(11-10-18(23)27)16-6-4-15(22)5-7-16/h2-9H,10-13H2,1H3,(H2,23,27). The predicted octanol–water partition coefficient (Wildman–Crippen LogP) is 3.10. The van der Waals surface area contributed by atoms with Crippen LogP contribution in [0, 0.1) is 12.7 Å². The van der Waals surface area contributed by atoms with Gasteiger partial charge in [-0.05, 0) is 43.3 Å². The van der Waals surface area contributed by atoms with E-state index in [9.17, 15) is 14.0 Å². The largest absolute Gasteiger partial charge is 0.484 e. The molecule has 0 radical (unpaired) electrons. The van der Waals surface area contributed by atoms with E-state index < -0.39 is 11.7 Å². The zero-order chi connectivity index (χ0) is 22.2. The van der Waals surface area contributed by atoms with Gasteiger partial charge < -0.3 is 19.8 Å². The van der Waals surface area contributed by atoms with Crippen LogP contribution in [0.15, 0.2) is 58.2 Å². The number of amides is 2. The fraction of sp³-hybridized carbons (Fsp3) is 0.238. The lowest BCUT2D eigenvalue weighted by Gasteiger charge is -2.22. The number of nitrogens with two attached hydrogens (primary N) is 1. The van der Waals surface area contributed by atoms with Gasteiger partial charge >= 0.3 is 0 Å². The molecule has 0 unspecified atom stereocenters. The number of hydrogen-bond acceptors (Lipinski definition) is 7. The van der Waals surface area contributed by atoms with Gasteiger partial charge in [-0.1, -0.05) is 29.5 Å². The molecular weight excluding hydrogens is 423 g/mol. The van der Waals surface area contributed by atoms with E-state index in [2.05, 4.69) is 10.2 Å². The monoisotopic (exact) mass is 444 g/mol. The third-order valence-corrected chi connectivity index (χ3v) is 4.98. The van der Waals surface area contributed by atoms with Gasteiger partial charge in [-0.25, -0.2) is 4.39 Å². The molecule has 162 valence electrons. The molecule has 0 spiro atoms. The Labute approximate surface area is 182 Å². The molecule has 3 aromatic rings. The summed E-state index contributed by atoms with van der Waals surface area (Å²) in [5.41, 5.74) is 6.79. The molecule has 2 aromatic carbocycles. The van der Waals surface area contributed by atoms with E-state index in [1.165, 1.54) is 29.2 Å². The van der Waals surface area contributed by atoms with Crippen molar-refractivity contribution in [1.82, 2.24) is 10.2 Å². The number of carbonyl (C=O) groups excluding carboxylic acids is 2. The maximum atomic E-state index is 13.2. The molecule has 10 heteroatoms. The van der Waals surface area contributed by atoms with Crippen molar-refractivity contribution in [3.63, 3.8) is 0 Å². The van der Waals surface area contributed by atoms with E-state index in [1.54, 1.807) is 0 Å². The highest BCUT2D eigenvalue weighted by Crippen LogP contribution is 2.21. The normalized spacial score (nSPS) is 10.6. The van der Waals surface area contributed by atoms with E-state index in [0.717, 1.165) is 17.3 Å². The number of benzene rings is 2. The molecule has 0 aliphatic carbocycles. The zero-order valence-electron chi connectivity index (χ0n) is 16.8. The van der Waals surface area contributed by atoms with Crippen LogP contribution in [0.2, 0.25) is 0 Å². The number of nitrogens with zero attached hydrogens (tertiary/aromatic N) is 3. The molecule has 0 atom stereocenters. The zero-order valence-corrected chi connectivity index (χ0v) is 17.6. The molecule has 0 aliphatic rings. The fourth-order valence-corrected chi connectivity index (χ4v) is 3.23. The van der Waals surface area contributed by atoms with E-state index in [-0.39, 0.29) is 42.3 Å². The van der Waals surface area contributed by atoms with Crippen molar-refractivity contribution in [2.24, 2.45) is 5.73 Å². The van der Waals surface area contributed by atoms with Crippen LogP contribution in [0.5, 0.6) is 5.75 Å². The molecule has 0 fully saturated rings. The summed E-state index contributed by atoms with van der Waals surface area (Å²) in [5, 5.41) is 8.03. The summed E-state index contributed by atoms with van der Waals surface area (Å²) < 4.78 is 24.3. The summed E-state index contributed by atoms with van der Waals surface area (Å²) in [6.07, 6.45) is -0.0190. The number of anilines is 1. The van der Waals surface area contributed by atoms with E-state index >= 15 is 0 Å². The van der Waals surface area contributed by atoms with Gasteiger partial charge in [0.1, 0.15) is 11.6 Å². The first-order chi connectivity index (χ1) is 14.9. The summed E-state index contributed by atoms with van der Waals surface area (Å²) >= 11 is 1.06. The fourth-order valence-electron chi connectivity index (χ4n) is 2.58. The quantitative estimate of drug-likeness (QED) is 0.478. The van der Waals surface area contributed by atoms with Crippen molar-refractivity contribution in [3.8, 4) is 5.75 Å². The highest BCUT2D eigenvalue weighted by Gasteiger charge is 2.18. The number of primary amides is 1. The van der Waals surface area contributed by atoms with Gasteiger partial charge in [-0.2, -0.15) is 0 Å². The number of aryl methyl sites for hydroxylation is 1. The van der Waals surface area contributed by atoms with Crippen LogP contribution in [0.1, 0.15) is 17.9 Å². The molecule has 1 heterocycles. The van der Waals surface area contributed by atoms with Crippen LogP contribution in [0.4, 0.5) is 10.1 Å². The third kappa shape index (κ3) is 6.82. The molecule has 0 saturated carbocycles. The predicted molar refractivity (Wildman–Crippen MR) is 113 cm³/mol. The average Bonchev–Trinajstić information content (AvgIpc) is 3.21. The van der Waals surface area contributed by atoms with Gasteiger partial charge in [-0.3, -0.25) is 9.59 Å². The Morgan fingerprint density at radius 1 is 1.13 bits per heavy atom. The van der Waals surface area contributed by atoms with Gasteiger partial charge in [0.25, 0.3) is 11.1 Å². The Morgan fingerprint density at radius 2 is 1.84 bits per heavy atom. The smallest absolute Gasteiger partial charge is 0.277 e. The van der Waals surface area contributed by atoms with Crippen molar-refractivity contribution < 1.29 is 23.1 Å². The number of thioether (sulfide) groups is 1. The Balaban J connectivity index is 1.56. The van der Waals surface area contributed by atoms with E-state index in [0.29, 0.717) is 11.4 Å². The van der Waals surface area contributed by atoms with Crippen molar-refractivity contribution in [3.05, 3.63) is 65.8 Å². The lowest BCUT2D eigenvalue weighted by Crippen LogP contribution is -2.35. The number of halogens is 1. The Hall–Kier alpha value is -3.40. The second-order valence-corrected chi connectivity index (χ2v) is 7.52. The highest BCUT2D eigenvalue weighted by molar-refractivity contribution is 7.99. The van der Waals surface area contributed by atoms with Gasteiger partial charge in [0.05, 0.1) is 5.75 Å². The number of rotatable bonds is 10. The topological polar surface area (TPSA) is 112 Å². The molecule has 31 heavy (non-hydrogen) atoms. The summed E-state index contributed by atoms with van der Waals surface area (Å²) in [6, 6.07) is 13.0. The molecule has 1 aromatic heterocycles. The maximum Gasteiger partial charge on any atom is 0.277 e. The van der Waals surface area contributed by atoms with Crippen LogP contribution in [-0.2, 0) is 16.2 Å². The van der Waals surface area contributed by atoms with E-state index in [1.807, 2.05) is 31.2 Å². The van der Waals surface area contributed by atoms with Crippen molar-refractivity contribution in [2.45, 2.75) is 25.2 Å². The van der Waals surface area contributed by atoms with Crippen LogP contribution in [0.3, 0.4) is 0 Å². The first kappa shape index (κ1) is 22.3. The lowest BCUT2D eigenvalue weighted by atomic mass is 10.2. The summed E-state index contributed by atoms with van der Waals surface area (Å²) in [4.78, 5) is 25.2. The average molecular weight is 444 g/mol. The SMILES string of the molecule is Cc1ccc(OCc2nnc(SCC(=O)N(CCC(N)=O)c3ccc(F)cc3)o2)cc1. The molecule has 8 nitrogen and oxygen atoms in total. The molecule has 0 bridgehead atoms. The van der Waals surface area contributed by atoms with Crippen LogP contribution < -0.4 is 15.4 Å². The number of hydrogen-bond donors (Lipinski definition) is 1. The molecular formula is C21H21FN4O4S. The van der Waals surface area contributed by atoms with Gasteiger partial charge in [0.2, 0.25) is 11.8 Å². The maximum absolute atomic E-state index is 13.2. The minimum Gasteiger partial charge on any atom is -0.484 e. The number of carbonyl (C=O) groups is 2. The first-order valence-electron chi connectivity index (χ1n) is 9.39. The summed E-state index contributed by atoms with van der Waals surface area (Å²) in [7, 11) is 0. The number of ether oxygens (including phenoxy) is 1. The van der Waals surface area contributed by atoms with Gasteiger partial charge in [0, 0.05) is 18.7 Å². The lowest BCUT2D eigenvalue weighted by molar-refractivity contribution is -0.118. The van der Waals surface area contributed by atoms with Crippen LogP contribution >= 0.6 is 11.8 Å². The van der Waals surface area contributed by atoms with Crippen molar-refractivity contribution in [1.29, 1.82) is 0 Å². The van der Waals surface area contributed by atoms with E-state index in [4.69, 9.17) is 14.9 Å². The highest BCUT2D eigenvalue weighted by atomic mass is 32.2. The molecule has 0 aliphatic heterocycles. The van der Waals surface area contributed by atoms with Gasteiger partial charge in [-0.15, -0.1) is 10.2 Å². The Kier molecular flexibility index (Phi) is 7.60. The first-order valence-corrected chi connectivity index (χ1v) is 10.4. The third-order valence-electron chi connectivity index (χ3n) is 4.17. The Bertz CT molecular complexity index is 1020. The van der Waals surface area contributed by atoms with Crippen molar-refractivity contribution in [2.75, 3.05) is 17.2 Å². The molecule has 0 saturated heterocycles. The van der Waals surface area contributed by atoms with Crippen LogP contribution in [-0.4, -0.2) is 34.3 Å². The van der Waals surface area contributed by atoms with Gasteiger partial charge in [0.15, 0.2) is 6.61 Å². The van der Waals surface area contributed by atoms with Crippen molar-refractivity contribution >= 4 is 29.3 Å². The summed E-state index contributed by atoms with van der Waals surface area (Å²) in [5.74, 6) is -0.337. The second-order valence-electron chi connectivity index (χ2n) is 6.59. The minimum absolute atomic E-state index is 0.0173. The Morgan fingerprint density at radius 3 is 2.52 bits per heavy atom. The molecule has 2 amide bonds. The molecule has 2 N–H and O–H groups in total. The summed E-state index contributed by atoms with van der Waals surface area (Å²) in [6.45, 7) is 2.17. The number of aromatic nitrogens is 2. The second kappa shape index (κ2) is 10.6. The van der Waals surface area contributed by atoms with Crippen LogP contribution in [0.25, 0.3) is 0 Å². The molecule has 3 rings (SSSR count).